The first-order valence-electron chi connectivity index (χ1n) is 15.7. The number of methoxy groups -OCH3 is 2. The maximum Gasteiger partial charge on any atom is 0.415 e. The monoisotopic (exact) mass is 730 g/mol. The van der Waals surface area contributed by atoms with E-state index in [1.807, 2.05) is 0 Å². The number of anilines is 1. The van der Waals surface area contributed by atoms with Crippen molar-refractivity contribution < 1.29 is 42.9 Å². The molecule has 4 aromatic rings. The number of para-hydroxylation sites is 1. The molecule has 3 fully saturated rings. The van der Waals surface area contributed by atoms with Gasteiger partial charge in [0.25, 0.3) is 0 Å². The summed E-state index contributed by atoms with van der Waals surface area (Å²) in [5.41, 5.74) is 1.71. The molecule has 2 atom stereocenters. The third kappa shape index (κ3) is 7.88. The molecule has 2 aromatic heterocycles. The lowest BCUT2D eigenvalue weighted by atomic mass is 9.86. The van der Waals surface area contributed by atoms with E-state index >= 15 is 4.39 Å². The van der Waals surface area contributed by atoms with Crippen LogP contribution >= 0.6 is 34.5 Å². The summed E-state index contributed by atoms with van der Waals surface area (Å²) in [6.45, 7) is 2.62. The number of fused-ring (bicyclic) bond motifs is 3. The highest BCUT2D eigenvalue weighted by Crippen LogP contribution is 2.36. The van der Waals surface area contributed by atoms with Gasteiger partial charge < -0.3 is 18.9 Å². The summed E-state index contributed by atoms with van der Waals surface area (Å²) in [6, 6.07) is 12.8. The summed E-state index contributed by atoms with van der Waals surface area (Å²) >= 11 is 14.0. The highest BCUT2D eigenvalue weighted by molar-refractivity contribution is 7.12. The highest BCUT2D eigenvalue weighted by atomic mass is 35.5. The van der Waals surface area contributed by atoms with Crippen molar-refractivity contribution in [3.8, 4) is 11.5 Å². The number of carbonyl (C=O) groups excluding carboxylic acids is 2. The Morgan fingerprint density at radius 1 is 1.06 bits per heavy atom. The van der Waals surface area contributed by atoms with Crippen molar-refractivity contribution in [3.05, 3.63) is 104 Å². The summed E-state index contributed by atoms with van der Waals surface area (Å²) in [5, 5.41) is 11.9. The van der Waals surface area contributed by atoms with Gasteiger partial charge in [0.05, 0.1) is 26.5 Å². The van der Waals surface area contributed by atoms with Crippen LogP contribution < -0.4 is 19.1 Å². The van der Waals surface area contributed by atoms with E-state index in [2.05, 4.69) is 4.90 Å². The molecule has 49 heavy (non-hydrogen) atoms. The van der Waals surface area contributed by atoms with Gasteiger partial charge in [0.2, 0.25) is 12.4 Å². The Hall–Kier alpha value is -4.10. The van der Waals surface area contributed by atoms with Gasteiger partial charge in [-0.25, -0.2) is 14.0 Å². The number of hydrogen-bond donors (Lipinski definition) is 1. The zero-order chi connectivity index (χ0) is 34.7. The molecule has 0 unspecified atom stereocenters. The second-order valence-electron chi connectivity index (χ2n) is 11.9. The van der Waals surface area contributed by atoms with Crippen LogP contribution in [0.25, 0.3) is 0 Å². The Kier molecular flexibility index (Phi) is 10.8. The van der Waals surface area contributed by atoms with Crippen LogP contribution in [0.4, 0.5) is 14.9 Å². The van der Waals surface area contributed by atoms with Crippen LogP contribution in [-0.2, 0) is 22.4 Å². The molecule has 258 valence electrons. The van der Waals surface area contributed by atoms with Crippen molar-refractivity contribution in [2.24, 2.45) is 5.92 Å². The van der Waals surface area contributed by atoms with Crippen molar-refractivity contribution in [2.75, 3.05) is 38.8 Å². The molecule has 10 nitrogen and oxygen atoms in total. The summed E-state index contributed by atoms with van der Waals surface area (Å²) < 4.78 is 38.7. The largest absolute Gasteiger partial charge is 0.493 e. The number of thiophene rings is 1. The van der Waals surface area contributed by atoms with Crippen LogP contribution in [-0.4, -0.2) is 62.1 Å². The molecular formula is C35H35Cl2FN3O7S+. The first kappa shape index (κ1) is 34.8. The Labute approximate surface area is 297 Å². The summed E-state index contributed by atoms with van der Waals surface area (Å²) in [7, 11) is 3.01. The molecule has 3 saturated heterocycles. The highest BCUT2D eigenvalue weighted by Gasteiger charge is 2.38. The lowest BCUT2D eigenvalue weighted by molar-refractivity contribution is -0.904. The van der Waals surface area contributed by atoms with E-state index in [4.69, 9.17) is 42.1 Å². The molecule has 0 spiro atoms. The standard InChI is InChI=1S/C35H35Cl2FN3O7S/c1-45-29-8-7-23(14-31(29)46-2)30(15-24-25(36)17-40(44)18-26(24)37)47-34(42)33-13-21(20-49-33)16-41(28-6-4-3-5-27(28)38)35(43)48-32-19-39-11-9-22(32)10-12-39/h3-8,13-14,17-18,20,22,30,32,44H,9-12,15-16,19H2,1-2H3/q+1/t30-,32-/m0/s1. The minimum atomic E-state index is -0.881. The first-order valence-corrected chi connectivity index (χ1v) is 17.3. The number of aromatic nitrogens is 1. The number of rotatable bonds is 11. The number of benzene rings is 2. The van der Waals surface area contributed by atoms with Crippen LogP contribution in [0, 0.1) is 11.7 Å². The molecule has 1 N–H and O–H groups in total. The van der Waals surface area contributed by atoms with Crippen LogP contribution in [0.1, 0.15) is 45.3 Å². The second-order valence-corrected chi connectivity index (χ2v) is 13.7. The lowest BCUT2D eigenvalue weighted by Gasteiger charge is -2.44. The van der Waals surface area contributed by atoms with Crippen LogP contribution in [0.5, 0.6) is 11.5 Å². The quantitative estimate of drug-likeness (QED) is 0.0990. The maximum absolute atomic E-state index is 15.0. The van der Waals surface area contributed by atoms with Crippen molar-refractivity contribution in [1.82, 2.24) is 4.90 Å². The molecule has 0 saturated carbocycles. The molecule has 1 amide bonds. The molecule has 3 aliphatic heterocycles. The fraction of sp³-hybridized carbons (Fsp3) is 0.343. The van der Waals surface area contributed by atoms with E-state index in [1.165, 1.54) is 43.6 Å². The smallest absolute Gasteiger partial charge is 0.415 e. The molecule has 7 rings (SSSR count). The average molecular weight is 732 g/mol. The molecule has 3 aliphatic rings. The number of nitrogens with zero attached hydrogens (tertiary/aromatic N) is 3. The van der Waals surface area contributed by atoms with Gasteiger partial charge in [0.15, 0.2) is 11.5 Å². The van der Waals surface area contributed by atoms with E-state index < -0.39 is 24.0 Å². The summed E-state index contributed by atoms with van der Waals surface area (Å²) in [5.74, 6) is -0.00337. The van der Waals surface area contributed by atoms with Crippen LogP contribution in [0.2, 0.25) is 10.0 Å². The zero-order valence-corrected chi connectivity index (χ0v) is 29.1. The molecule has 14 heteroatoms. The number of piperidine rings is 3. The van der Waals surface area contributed by atoms with Gasteiger partial charge in [0.1, 0.15) is 32.9 Å². The first-order chi connectivity index (χ1) is 23.6. The van der Waals surface area contributed by atoms with E-state index in [0.29, 0.717) is 34.7 Å². The summed E-state index contributed by atoms with van der Waals surface area (Å²) in [4.78, 5) is 31.1. The molecular weight excluding hydrogens is 696 g/mol. The van der Waals surface area contributed by atoms with Gasteiger partial charge in [0, 0.05) is 23.3 Å². The van der Waals surface area contributed by atoms with Gasteiger partial charge in [-0.3, -0.25) is 15.0 Å². The van der Waals surface area contributed by atoms with Gasteiger partial charge >= 0.3 is 12.1 Å². The van der Waals surface area contributed by atoms with Crippen molar-refractivity contribution in [2.45, 2.75) is 38.0 Å². The van der Waals surface area contributed by atoms with E-state index in [1.54, 1.807) is 41.8 Å². The number of amides is 1. The molecule has 5 heterocycles. The van der Waals surface area contributed by atoms with Gasteiger partial charge in [-0.15, -0.1) is 11.3 Å². The number of hydrogen-bond acceptors (Lipinski definition) is 9. The summed E-state index contributed by atoms with van der Waals surface area (Å²) in [6.07, 6.45) is 2.77. The third-order valence-electron chi connectivity index (χ3n) is 8.89. The van der Waals surface area contributed by atoms with E-state index in [9.17, 15) is 14.8 Å². The fourth-order valence-electron chi connectivity index (χ4n) is 6.29. The third-order valence-corrected chi connectivity index (χ3v) is 10.5. The molecule has 2 aromatic carbocycles. The lowest BCUT2D eigenvalue weighted by Crippen LogP contribution is -2.53. The Bertz CT molecular complexity index is 1810. The maximum atomic E-state index is 15.0. The van der Waals surface area contributed by atoms with E-state index in [0.717, 1.165) is 42.0 Å². The van der Waals surface area contributed by atoms with Gasteiger partial charge in [-0.05, 0) is 78.7 Å². The average Bonchev–Trinajstić information content (AvgIpc) is 3.57. The second kappa shape index (κ2) is 15.2. The number of ether oxygens (including phenoxy) is 4. The number of halogens is 3. The number of esters is 1. The predicted octanol–water partition coefficient (Wildman–Crippen LogP) is 7.11. The van der Waals surface area contributed by atoms with Gasteiger partial charge in [-0.2, -0.15) is 0 Å². The van der Waals surface area contributed by atoms with Crippen molar-refractivity contribution >= 4 is 52.3 Å². The molecule has 2 bridgehead atoms. The van der Waals surface area contributed by atoms with Gasteiger partial charge in [-0.1, -0.05) is 41.4 Å². The van der Waals surface area contributed by atoms with Crippen LogP contribution in [0.15, 0.2) is 66.3 Å². The molecule has 0 aliphatic carbocycles. The Morgan fingerprint density at radius 2 is 1.78 bits per heavy atom. The number of pyridine rings is 1. The van der Waals surface area contributed by atoms with Crippen LogP contribution in [0.3, 0.4) is 0 Å². The minimum absolute atomic E-state index is 0.0276. The Morgan fingerprint density at radius 3 is 2.43 bits per heavy atom. The number of carbonyl (C=O) groups is 2. The minimum Gasteiger partial charge on any atom is -0.493 e. The van der Waals surface area contributed by atoms with E-state index in [-0.39, 0.29) is 45.6 Å². The van der Waals surface area contributed by atoms with Crippen molar-refractivity contribution in [1.29, 1.82) is 0 Å². The molecule has 0 radical (unpaired) electrons. The SMILES string of the molecule is COc1ccc([C@H](Cc2c(Cl)c[n+](O)cc2Cl)OC(=O)c2cc(CN(C(=O)O[C@H]3CN4CCC3CC4)c3ccccc3F)cs2)cc1OC. The zero-order valence-electron chi connectivity index (χ0n) is 26.8. The topological polar surface area (TPSA) is 102 Å². The predicted molar refractivity (Wildman–Crippen MR) is 182 cm³/mol. The Balaban J connectivity index is 1.24. The van der Waals surface area contributed by atoms with Crippen molar-refractivity contribution in [3.63, 3.8) is 0 Å². The fourth-order valence-corrected chi connectivity index (χ4v) is 7.68. The normalized spacial score (nSPS) is 18.8.